The maximum Gasteiger partial charge on any atom is 0.242 e. The van der Waals surface area contributed by atoms with Crippen LogP contribution in [-0.4, -0.2) is 44.0 Å². The average Bonchev–Trinajstić information content (AvgIpc) is 2.42. The van der Waals surface area contributed by atoms with Crippen molar-refractivity contribution in [1.29, 1.82) is 0 Å². The van der Waals surface area contributed by atoms with Crippen molar-refractivity contribution in [3.05, 3.63) is 35.9 Å². The number of amides is 1. The molecule has 1 aliphatic heterocycles. The largest absolute Gasteiger partial charge is 0.350 e. The number of benzene rings is 1. The van der Waals surface area contributed by atoms with Crippen molar-refractivity contribution in [2.45, 2.75) is 25.4 Å². The molecule has 3 atom stereocenters. The molecule has 1 heterocycles. The van der Waals surface area contributed by atoms with Crippen molar-refractivity contribution in [2.24, 2.45) is 5.92 Å². The first kappa shape index (κ1) is 15.0. The molecule has 0 aromatic heterocycles. The van der Waals surface area contributed by atoms with Crippen LogP contribution in [0, 0.1) is 5.92 Å². The first-order valence-corrected chi connectivity index (χ1v) is 7.32. The summed E-state index contributed by atoms with van der Waals surface area (Å²) in [6.07, 6.45) is 1.11. The Morgan fingerprint density at radius 3 is 2.65 bits per heavy atom. The summed E-state index contributed by atoms with van der Waals surface area (Å²) < 4.78 is 0. The number of rotatable bonds is 4. The minimum Gasteiger partial charge on any atom is -0.350 e. The molecule has 1 fully saturated rings. The number of nitrogens with one attached hydrogen (secondary N) is 2. The molecule has 0 saturated carbocycles. The van der Waals surface area contributed by atoms with Crippen molar-refractivity contribution in [1.82, 2.24) is 15.5 Å². The summed E-state index contributed by atoms with van der Waals surface area (Å²) in [5.74, 6) is 0.612. The highest BCUT2D eigenvalue weighted by Gasteiger charge is 2.28. The van der Waals surface area contributed by atoms with Crippen molar-refractivity contribution in [3.63, 3.8) is 0 Å². The maximum atomic E-state index is 12.6. The maximum absolute atomic E-state index is 12.6. The summed E-state index contributed by atoms with van der Waals surface area (Å²) in [5.41, 5.74) is 1.03. The average molecular weight is 275 g/mol. The van der Waals surface area contributed by atoms with Gasteiger partial charge >= 0.3 is 0 Å². The van der Waals surface area contributed by atoms with Gasteiger partial charge in [-0.2, -0.15) is 0 Å². The van der Waals surface area contributed by atoms with Crippen LogP contribution in [0.5, 0.6) is 0 Å². The number of carbonyl (C=O) groups excluding carboxylic acids is 1. The van der Waals surface area contributed by atoms with Crippen molar-refractivity contribution < 1.29 is 4.79 Å². The lowest BCUT2D eigenvalue weighted by atomic mass is 9.94. The van der Waals surface area contributed by atoms with Crippen molar-refractivity contribution >= 4 is 5.91 Å². The zero-order valence-corrected chi connectivity index (χ0v) is 12.6. The van der Waals surface area contributed by atoms with Crippen LogP contribution < -0.4 is 10.6 Å². The van der Waals surface area contributed by atoms with Crippen LogP contribution in [0.25, 0.3) is 0 Å². The van der Waals surface area contributed by atoms with E-state index in [0.717, 1.165) is 25.1 Å². The van der Waals surface area contributed by atoms with E-state index in [1.54, 1.807) is 0 Å². The molecule has 4 heteroatoms. The summed E-state index contributed by atoms with van der Waals surface area (Å²) in [4.78, 5) is 14.6. The molecule has 2 rings (SSSR count). The third-order valence-corrected chi connectivity index (χ3v) is 4.04. The van der Waals surface area contributed by atoms with Crippen LogP contribution in [0.15, 0.2) is 30.3 Å². The summed E-state index contributed by atoms with van der Waals surface area (Å²) in [6.45, 7) is 4.12. The Balaban J connectivity index is 2.08. The quantitative estimate of drug-likeness (QED) is 0.873. The van der Waals surface area contributed by atoms with Crippen LogP contribution in [0.3, 0.4) is 0 Å². The highest BCUT2D eigenvalue weighted by atomic mass is 16.2. The van der Waals surface area contributed by atoms with E-state index in [0.29, 0.717) is 5.92 Å². The predicted molar refractivity (Wildman–Crippen MR) is 81.5 cm³/mol. The second-order valence-corrected chi connectivity index (χ2v) is 5.86. The summed E-state index contributed by atoms with van der Waals surface area (Å²) in [6, 6.07) is 9.93. The monoisotopic (exact) mass is 275 g/mol. The van der Waals surface area contributed by atoms with Gasteiger partial charge in [-0.25, -0.2) is 0 Å². The molecule has 1 saturated heterocycles. The fourth-order valence-electron chi connectivity index (χ4n) is 2.76. The van der Waals surface area contributed by atoms with Gasteiger partial charge in [0.25, 0.3) is 0 Å². The van der Waals surface area contributed by atoms with Crippen LogP contribution >= 0.6 is 0 Å². The van der Waals surface area contributed by atoms with E-state index in [2.05, 4.69) is 17.6 Å². The topological polar surface area (TPSA) is 44.4 Å². The van der Waals surface area contributed by atoms with E-state index >= 15 is 0 Å². The Kier molecular flexibility index (Phi) is 5.15. The van der Waals surface area contributed by atoms with Gasteiger partial charge in [-0.15, -0.1) is 0 Å². The van der Waals surface area contributed by atoms with Gasteiger partial charge in [-0.1, -0.05) is 37.3 Å². The van der Waals surface area contributed by atoms with Gasteiger partial charge in [0, 0.05) is 12.6 Å². The molecule has 4 nitrogen and oxygen atoms in total. The normalized spacial score (nSPS) is 24.4. The molecule has 1 aromatic carbocycles. The van der Waals surface area contributed by atoms with Crippen LogP contribution in [-0.2, 0) is 4.79 Å². The van der Waals surface area contributed by atoms with Crippen LogP contribution in [0.1, 0.15) is 24.9 Å². The third kappa shape index (κ3) is 3.58. The Bertz CT molecular complexity index is 433. The number of nitrogens with zero attached hydrogens (tertiary/aromatic N) is 1. The molecule has 0 bridgehead atoms. The van der Waals surface area contributed by atoms with E-state index in [9.17, 15) is 4.79 Å². The molecule has 1 aliphatic rings. The van der Waals surface area contributed by atoms with Crippen molar-refractivity contribution in [2.75, 3.05) is 27.2 Å². The highest BCUT2D eigenvalue weighted by Crippen LogP contribution is 2.19. The van der Waals surface area contributed by atoms with Gasteiger partial charge in [0.1, 0.15) is 6.04 Å². The molecular weight excluding hydrogens is 250 g/mol. The fraction of sp³-hybridized carbons (Fsp3) is 0.562. The Hall–Kier alpha value is -1.39. The van der Waals surface area contributed by atoms with Gasteiger partial charge in [0.2, 0.25) is 5.91 Å². The van der Waals surface area contributed by atoms with Gasteiger partial charge in [0.15, 0.2) is 0 Å². The molecule has 0 radical (unpaired) electrons. The number of carbonyl (C=O) groups is 1. The lowest BCUT2D eigenvalue weighted by molar-refractivity contribution is -0.127. The van der Waals surface area contributed by atoms with Gasteiger partial charge in [0.05, 0.1) is 0 Å². The Morgan fingerprint density at radius 1 is 1.35 bits per heavy atom. The number of hydrogen-bond acceptors (Lipinski definition) is 3. The first-order valence-electron chi connectivity index (χ1n) is 7.32. The SMILES string of the molecule is CC1CCNCC1NC(=O)C(c1ccccc1)N(C)C. The van der Waals surface area contributed by atoms with E-state index in [1.165, 1.54) is 0 Å². The van der Waals surface area contributed by atoms with Crippen LogP contribution in [0.2, 0.25) is 0 Å². The van der Waals surface area contributed by atoms with E-state index in [4.69, 9.17) is 0 Å². The van der Waals surface area contributed by atoms with Gasteiger partial charge in [-0.3, -0.25) is 9.69 Å². The summed E-state index contributed by atoms with van der Waals surface area (Å²) >= 11 is 0. The third-order valence-electron chi connectivity index (χ3n) is 4.04. The molecular formula is C16H25N3O. The molecule has 0 spiro atoms. The smallest absolute Gasteiger partial charge is 0.242 e. The fourth-order valence-corrected chi connectivity index (χ4v) is 2.76. The molecule has 1 amide bonds. The minimum atomic E-state index is -0.231. The molecule has 2 N–H and O–H groups in total. The predicted octanol–water partition coefficient (Wildman–Crippen LogP) is 1.40. The summed E-state index contributed by atoms with van der Waals surface area (Å²) in [5, 5.41) is 6.56. The summed E-state index contributed by atoms with van der Waals surface area (Å²) in [7, 11) is 3.89. The highest BCUT2D eigenvalue weighted by molar-refractivity contribution is 5.83. The Labute approximate surface area is 121 Å². The van der Waals surface area contributed by atoms with Gasteiger partial charge in [-0.05, 0) is 38.5 Å². The molecule has 1 aromatic rings. The zero-order valence-electron chi connectivity index (χ0n) is 12.6. The van der Waals surface area contributed by atoms with E-state index in [1.807, 2.05) is 49.3 Å². The van der Waals surface area contributed by atoms with E-state index in [-0.39, 0.29) is 18.0 Å². The lowest BCUT2D eigenvalue weighted by Gasteiger charge is -2.33. The second-order valence-electron chi connectivity index (χ2n) is 5.86. The molecule has 0 aliphatic carbocycles. The number of likely N-dealkylation sites (N-methyl/N-ethyl adjacent to an activating group) is 1. The zero-order chi connectivity index (χ0) is 14.5. The van der Waals surface area contributed by atoms with Crippen molar-refractivity contribution in [3.8, 4) is 0 Å². The first-order chi connectivity index (χ1) is 9.59. The van der Waals surface area contributed by atoms with E-state index < -0.39 is 0 Å². The molecule has 110 valence electrons. The van der Waals surface area contributed by atoms with Crippen LogP contribution in [0.4, 0.5) is 0 Å². The second kappa shape index (κ2) is 6.86. The molecule has 3 unspecified atom stereocenters. The molecule has 20 heavy (non-hydrogen) atoms. The van der Waals surface area contributed by atoms with Gasteiger partial charge < -0.3 is 10.6 Å². The minimum absolute atomic E-state index is 0.0850. The lowest BCUT2D eigenvalue weighted by Crippen LogP contribution is -2.52. The standard InChI is InChI=1S/C16H25N3O/c1-12-9-10-17-11-14(12)18-16(20)15(19(2)3)13-7-5-4-6-8-13/h4-8,12,14-15,17H,9-11H2,1-3H3,(H,18,20). The number of piperidine rings is 1. The Morgan fingerprint density at radius 2 is 2.05 bits per heavy atom. The number of hydrogen-bond donors (Lipinski definition) is 2.